The Morgan fingerprint density at radius 2 is 1.24 bits per heavy atom. The Kier molecular flexibility index (Phi) is 21.4. The zero-order valence-corrected chi connectivity index (χ0v) is 29.7. The molecule has 1 amide bonds. The van der Waals surface area contributed by atoms with E-state index in [9.17, 15) is 19.1 Å². The van der Waals surface area contributed by atoms with Crippen molar-refractivity contribution in [2.45, 2.75) is 148 Å². The normalized spacial score (nSPS) is 12.4. The predicted molar refractivity (Wildman–Crippen MR) is 192 cm³/mol. The van der Waals surface area contributed by atoms with Gasteiger partial charge in [-0.2, -0.15) is 0 Å². The van der Waals surface area contributed by atoms with Crippen molar-refractivity contribution in [2.75, 3.05) is 6.16 Å². The number of carbonyl (C=O) groups excluding carboxylic acids is 1. The highest BCUT2D eigenvalue weighted by Gasteiger charge is 2.23. The number of ether oxygens (including phenoxy) is 1. The van der Waals surface area contributed by atoms with Crippen LogP contribution in [0.1, 0.15) is 140 Å². The molecule has 0 aliphatic rings. The molecule has 3 N–H and O–H groups in total. The van der Waals surface area contributed by atoms with Gasteiger partial charge in [0.15, 0.2) is 0 Å². The van der Waals surface area contributed by atoms with Gasteiger partial charge in [0.2, 0.25) is 5.91 Å². The number of carbonyl (C=O) groups is 1. The summed E-state index contributed by atoms with van der Waals surface area (Å²) in [6, 6.07) is 15.5. The molecule has 0 saturated heterocycles. The molecule has 0 aliphatic carbocycles. The van der Waals surface area contributed by atoms with E-state index in [1.165, 1.54) is 76.2 Å². The molecule has 0 unspecified atom stereocenters. The summed E-state index contributed by atoms with van der Waals surface area (Å²) in [6.07, 6.45) is 25.4. The maximum atomic E-state index is 12.6. The van der Waals surface area contributed by atoms with Crippen LogP contribution < -0.4 is 10.1 Å². The van der Waals surface area contributed by atoms with Crippen LogP contribution in [0.4, 0.5) is 0 Å². The average Bonchev–Trinajstić information content (AvgIpc) is 3.02. The van der Waals surface area contributed by atoms with Crippen LogP contribution in [0.3, 0.4) is 0 Å². The number of allylic oxidation sites excluding steroid dienone is 2. The minimum Gasteiger partial charge on any atom is -0.489 e. The summed E-state index contributed by atoms with van der Waals surface area (Å²) in [5, 5.41) is 2.88. The number of unbranched alkanes of at least 4 members (excludes halogenated alkanes) is 13. The van der Waals surface area contributed by atoms with Gasteiger partial charge < -0.3 is 19.8 Å². The van der Waals surface area contributed by atoms with Crippen molar-refractivity contribution in [3.8, 4) is 5.75 Å². The van der Waals surface area contributed by atoms with Crippen molar-refractivity contribution in [1.29, 1.82) is 0 Å². The number of benzene rings is 2. The maximum Gasteiger partial charge on any atom is 0.327 e. The molecule has 0 fully saturated rings. The topological polar surface area (TPSA) is 95.9 Å². The van der Waals surface area contributed by atoms with Gasteiger partial charge >= 0.3 is 7.60 Å². The van der Waals surface area contributed by atoms with Crippen LogP contribution in [0, 0.1) is 0 Å². The fourth-order valence-corrected chi connectivity index (χ4v) is 6.45. The van der Waals surface area contributed by atoms with E-state index in [0.717, 1.165) is 55.4 Å². The first-order chi connectivity index (χ1) is 22.3. The molecule has 0 radical (unpaired) electrons. The van der Waals surface area contributed by atoms with Crippen molar-refractivity contribution in [3.05, 3.63) is 77.4 Å². The van der Waals surface area contributed by atoms with E-state index in [1.807, 2.05) is 24.3 Å². The second-order valence-electron chi connectivity index (χ2n) is 12.9. The predicted octanol–water partition coefficient (Wildman–Crippen LogP) is 10.2. The summed E-state index contributed by atoms with van der Waals surface area (Å²) in [7, 11) is -4.29. The molecule has 0 heterocycles. The van der Waals surface area contributed by atoms with E-state index in [-0.39, 0.29) is 12.1 Å². The summed E-state index contributed by atoms with van der Waals surface area (Å²) in [5.74, 6) is 0.586. The zero-order chi connectivity index (χ0) is 33.3. The summed E-state index contributed by atoms with van der Waals surface area (Å²) in [5.41, 5.74) is 3.36. The molecular formula is C39H62NO5P. The van der Waals surface area contributed by atoms with E-state index >= 15 is 0 Å². The summed E-state index contributed by atoms with van der Waals surface area (Å²) in [4.78, 5) is 31.9. The Balaban J connectivity index is 1.65. The highest BCUT2D eigenvalue weighted by atomic mass is 31.2. The number of hydrogen-bond acceptors (Lipinski definition) is 3. The van der Waals surface area contributed by atoms with E-state index in [2.05, 4.69) is 55.6 Å². The largest absolute Gasteiger partial charge is 0.489 e. The Bertz CT molecular complexity index is 1130. The first kappa shape index (κ1) is 39.8. The fraction of sp³-hybridized carbons (Fsp3) is 0.615. The van der Waals surface area contributed by atoms with Crippen LogP contribution in [0.25, 0.3) is 0 Å². The summed E-state index contributed by atoms with van der Waals surface area (Å²) >= 11 is 0. The van der Waals surface area contributed by atoms with Crippen molar-refractivity contribution >= 4 is 13.5 Å². The van der Waals surface area contributed by atoms with Crippen LogP contribution in [0.2, 0.25) is 0 Å². The molecule has 0 aliphatic heterocycles. The van der Waals surface area contributed by atoms with Gasteiger partial charge in [-0.25, -0.2) is 0 Å². The molecule has 0 saturated carbocycles. The van der Waals surface area contributed by atoms with Gasteiger partial charge in [-0.05, 0) is 80.2 Å². The number of amides is 1. The van der Waals surface area contributed by atoms with E-state index in [4.69, 9.17) is 4.74 Å². The Morgan fingerprint density at radius 3 is 1.85 bits per heavy atom. The van der Waals surface area contributed by atoms with E-state index in [0.29, 0.717) is 19.4 Å². The summed E-state index contributed by atoms with van der Waals surface area (Å²) < 4.78 is 17.8. The molecule has 2 aromatic carbocycles. The lowest BCUT2D eigenvalue weighted by Crippen LogP contribution is -2.39. The lowest BCUT2D eigenvalue weighted by Gasteiger charge is -2.20. The number of aryl methyl sites for hydroxylation is 1. The number of nitrogens with one attached hydrogen (secondary N) is 1. The van der Waals surface area contributed by atoms with E-state index in [1.54, 1.807) is 0 Å². The maximum absolute atomic E-state index is 12.6. The zero-order valence-electron chi connectivity index (χ0n) is 28.8. The SMILES string of the molecule is CCCCCCCC/C=C\CCCCCCCC(=O)N[C@@H](Cc1ccc(OCc2ccc(CCCCC)cc2)cc1)CP(=O)(O)O. The third-order valence-electron chi connectivity index (χ3n) is 8.39. The monoisotopic (exact) mass is 655 g/mol. The van der Waals surface area contributed by atoms with Crippen molar-refractivity contribution in [3.63, 3.8) is 0 Å². The third-order valence-corrected chi connectivity index (χ3v) is 9.31. The Morgan fingerprint density at radius 1 is 0.717 bits per heavy atom. The quantitative estimate of drug-likeness (QED) is 0.0506. The van der Waals surface area contributed by atoms with Crippen LogP contribution in [0.5, 0.6) is 5.75 Å². The van der Waals surface area contributed by atoms with Crippen molar-refractivity contribution < 1.29 is 23.9 Å². The molecule has 6 nitrogen and oxygen atoms in total. The Hall–Kier alpha value is -2.40. The first-order valence-electron chi connectivity index (χ1n) is 18.1. The van der Waals surface area contributed by atoms with Gasteiger partial charge in [-0.1, -0.05) is 127 Å². The molecule has 0 bridgehead atoms. The second-order valence-corrected chi connectivity index (χ2v) is 14.6. The number of rotatable bonds is 27. The van der Waals surface area contributed by atoms with E-state index < -0.39 is 13.6 Å². The lowest BCUT2D eigenvalue weighted by atomic mass is 10.1. The van der Waals surface area contributed by atoms with Gasteiger partial charge in [0.05, 0.1) is 6.16 Å². The van der Waals surface area contributed by atoms with Crippen LogP contribution in [-0.4, -0.2) is 27.9 Å². The van der Waals surface area contributed by atoms with Crippen LogP contribution >= 0.6 is 7.60 Å². The highest BCUT2D eigenvalue weighted by molar-refractivity contribution is 7.51. The van der Waals surface area contributed by atoms with Crippen molar-refractivity contribution in [2.24, 2.45) is 0 Å². The van der Waals surface area contributed by atoms with Gasteiger partial charge in [0.25, 0.3) is 0 Å². The molecule has 7 heteroatoms. The molecule has 46 heavy (non-hydrogen) atoms. The minimum absolute atomic E-state index is 0.146. The molecule has 0 aromatic heterocycles. The molecular weight excluding hydrogens is 593 g/mol. The molecule has 1 atom stereocenters. The van der Waals surface area contributed by atoms with Crippen molar-refractivity contribution in [1.82, 2.24) is 5.32 Å². The first-order valence-corrected chi connectivity index (χ1v) is 19.9. The molecule has 0 spiro atoms. The minimum atomic E-state index is -4.29. The number of hydrogen-bond donors (Lipinski definition) is 3. The molecule has 2 aromatic rings. The fourth-order valence-electron chi connectivity index (χ4n) is 5.66. The van der Waals surface area contributed by atoms with Crippen LogP contribution in [0.15, 0.2) is 60.7 Å². The molecule has 2 rings (SSSR count). The standard InChI is InChI=1S/C39H62NO5P/c1-3-5-7-8-9-10-11-12-13-14-15-16-17-18-20-22-39(41)40-37(33-46(42,43)44)31-35-27-29-38(30-28-35)45-32-36-25-23-34(24-26-36)21-19-6-4-2/h12-13,23-30,37H,3-11,14-22,31-33H2,1-2H3,(H,40,41)(H2,42,43,44)/b13-12-/t37-/m0/s1. The van der Waals surface area contributed by atoms with Gasteiger partial charge in [-0.15, -0.1) is 0 Å². The second kappa shape index (κ2) is 24.7. The summed E-state index contributed by atoms with van der Waals surface area (Å²) in [6.45, 7) is 4.94. The third kappa shape index (κ3) is 20.7. The van der Waals surface area contributed by atoms with Gasteiger partial charge in [-0.3, -0.25) is 9.36 Å². The molecule has 258 valence electrons. The smallest absolute Gasteiger partial charge is 0.327 e. The van der Waals surface area contributed by atoms with Gasteiger partial charge in [0.1, 0.15) is 12.4 Å². The average molecular weight is 656 g/mol. The van der Waals surface area contributed by atoms with Crippen LogP contribution in [-0.2, 0) is 28.8 Å². The highest BCUT2D eigenvalue weighted by Crippen LogP contribution is 2.35. The lowest BCUT2D eigenvalue weighted by molar-refractivity contribution is -0.121. The van der Waals surface area contributed by atoms with Gasteiger partial charge in [0, 0.05) is 12.5 Å². The Labute approximate surface area is 280 Å².